The highest BCUT2D eigenvalue weighted by Gasteiger charge is 2.06. The van der Waals surface area contributed by atoms with Gasteiger partial charge in [0.15, 0.2) is 0 Å². The molecule has 0 aliphatic heterocycles. The number of thioether (sulfide) groups is 1. The largest absolute Gasteiger partial charge is 0.469 e. The van der Waals surface area contributed by atoms with Crippen LogP contribution in [-0.4, -0.2) is 26.2 Å². The van der Waals surface area contributed by atoms with E-state index >= 15 is 0 Å². The van der Waals surface area contributed by atoms with Crippen molar-refractivity contribution in [3.05, 3.63) is 96.8 Å². The van der Waals surface area contributed by atoms with Crippen molar-refractivity contribution in [3.8, 4) is 0 Å². The second kappa shape index (κ2) is 14.6. The molecule has 0 radical (unpaired) electrons. The quantitative estimate of drug-likeness (QED) is 0.196. The maximum atomic E-state index is 11.3. The molecular weight excluding hydrogens is 636 g/mol. The topological polar surface area (TPSA) is 52.6 Å². The van der Waals surface area contributed by atoms with Crippen molar-refractivity contribution >= 4 is 71.5 Å². The van der Waals surface area contributed by atoms with Crippen LogP contribution in [0.5, 0.6) is 0 Å². The maximum Gasteiger partial charge on any atom is 0.309 e. The Balaban J connectivity index is 0.000000257. The molecule has 0 amide bonds. The zero-order valence-electron chi connectivity index (χ0n) is 18.1. The molecule has 0 N–H and O–H groups in total. The third-order valence-electron chi connectivity index (χ3n) is 4.25. The summed E-state index contributed by atoms with van der Waals surface area (Å²) in [5, 5.41) is 0. The number of benzene rings is 3. The van der Waals surface area contributed by atoms with E-state index in [0.717, 1.165) is 35.2 Å². The first-order chi connectivity index (χ1) is 15.8. The van der Waals surface area contributed by atoms with Crippen LogP contribution in [0.25, 0.3) is 0 Å². The van der Waals surface area contributed by atoms with Crippen LogP contribution in [0.15, 0.2) is 85.0 Å². The maximum absolute atomic E-state index is 11.3. The fourth-order valence-corrected chi connectivity index (χ4v) is 5.79. The number of esters is 2. The van der Waals surface area contributed by atoms with Crippen molar-refractivity contribution in [3.63, 3.8) is 0 Å². The Bertz CT molecular complexity index is 1050. The number of rotatable bonds is 7. The van der Waals surface area contributed by atoms with E-state index in [9.17, 15) is 9.59 Å². The smallest absolute Gasteiger partial charge is 0.309 e. The summed E-state index contributed by atoms with van der Waals surface area (Å²) < 4.78 is 12.1. The van der Waals surface area contributed by atoms with Crippen LogP contribution >= 0.6 is 59.6 Å². The molecule has 0 spiro atoms. The Hall–Kier alpha value is -1.61. The van der Waals surface area contributed by atoms with Gasteiger partial charge in [-0.05, 0) is 53.1 Å². The Kier molecular flexibility index (Phi) is 12.2. The molecule has 0 saturated carbocycles. The van der Waals surface area contributed by atoms with Gasteiger partial charge >= 0.3 is 11.9 Å². The third kappa shape index (κ3) is 10.9. The molecule has 0 aliphatic carbocycles. The van der Waals surface area contributed by atoms with Crippen molar-refractivity contribution in [2.24, 2.45) is 0 Å². The van der Waals surface area contributed by atoms with Gasteiger partial charge in [-0.2, -0.15) is 0 Å². The van der Waals surface area contributed by atoms with Gasteiger partial charge in [0, 0.05) is 24.1 Å². The summed E-state index contributed by atoms with van der Waals surface area (Å²) in [6.45, 7) is 0. The number of ether oxygens (including phenoxy) is 2. The number of carbonyl (C=O) groups excluding carboxylic acids is 2. The number of hydrogen-bond donors (Lipinski definition) is 0. The van der Waals surface area contributed by atoms with Crippen molar-refractivity contribution < 1.29 is 19.1 Å². The minimum absolute atomic E-state index is 0.220. The summed E-state index contributed by atoms with van der Waals surface area (Å²) in [7, 11) is 2.79. The summed E-state index contributed by atoms with van der Waals surface area (Å²) in [4.78, 5) is 23.4. The van der Waals surface area contributed by atoms with E-state index in [4.69, 9.17) is 4.74 Å². The zero-order valence-corrected chi connectivity index (χ0v) is 23.7. The van der Waals surface area contributed by atoms with Crippen LogP contribution < -0.4 is 0 Å². The van der Waals surface area contributed by atoms with E-state index in [1.165, 1.54) is 19.8 Å². The summed E-state index contributed by atoms with van der Waals surface area (Å²) in [6, 6.07) is 22.1. The summed E-state index contributed by atoms with van der Waals surface area (Å²) in [6.07, 6.45) is 0.601. The van der Waals surface area contributed by atoms with Crippen LogP contribution in [0.4, 0.5) is 0 Å². The zero-order chi connectivity index (χ0) is 24.2. The molecule has 8 heteroatoms. The third-order valence-corrected chi connectivity index (χ3v) is 6.67. The predicted molar refractivity (Wildman–Crippen MR) is 143 cm³/mol. The Morgan fingerprint density at radius 1 is 0.697 bits per heavy atom. The fraction of sp³-hybridized carbons (Fsp3) is 0.200. The molecule has 0 aliphatic rings. The summed E-state index contributed by atoms with van der Waals surface area (Å²) >= 11 is 11.9. The van der Waals surface area contributed by atoms with Gasteiger partial charge in [0.1, 0.15) is 0 Å². The Morgan fingerprint density at radius 2 is 1.18 bits per heavy atom. The molecule has 3 aromatic carbocycles. The van der Waals surface area contributed by atoms with E-state index in [-0.39, 0.29) is 11.9 Å². The van der Waals surface area contributed by atoms with E-state index in [2.05, 4.69) is 70.7 Å². The van der Waals surface area contributed by atoms with Gasteiger partial charge in [-0.25, -0.2) is 0 Å². The summed E-state index contributed by atoms with van der Waals surface area (Å²) in [5.74, 6) is 0.460. The molecule has 0 unspecified atom stereocenters. The Morgan fingerprint density at radius 3 is 1.70 bits per heavy atom. The molecule has 3 rings (SSSR count). The Labute approximate surface area is 223 Å². The monoisotopic (exact) mass is 656 g/mol. The normalized spacial score (nSPS) is 10.1. The molecule has 3 aromatic rings. The van der Waals surface area contributed by atoms with Crippen molar-refractivity contribution in [2.45, 2.75) is 23.5 Å². The average molecular weight is 659 g/mol. The lowest BCUT2D eigenvalue weighted by Gasteiger charge is -2.06. The lowest BCUT2D eigenvalue weighted by molar-refractivity contribution is -0.140. The number of carbonyl (C=O) groups is 2. The van der Waals surface area contributed by atoms with Crippen LogP contribution in [-0.2, 0) is 37.7 Å². The molecule has 33 heavy (non-hydrogen) atoms. The van der Waals surface area contributed by atoms with Gasteiger partial charge in [-0.1, -0.05) is 78.1 Å². The molecule has 0 aromatic heterocycles. The highest BCUT2D eigenvalue weighted by Crippen LogP contribution is 2.27. The predicted octanol–water partition coefficient (Wildman–Crippen LogP) is 7.38. The van der Waals surface area contributed by atoms with Gasteiger partial charge in [0.05, 0.1) is 27.1 Å². The van der Waals surface area contributed by atoms with E-state index in [1.807, 2.05) is 48.5 Å². The molecular formula is C25H23Br3O4S. The second-order valence-corrected chi connectivity index (χ2v) is 10.6. The first kappa shape index (κ1) is 27.6. The number of hydrogen-bond acceptors (Lipinski definition) is 5. The molecule has 0 saturated heterocycles. The second-order valence-electron chi connectivity index (χ2n) is 6.85. The van der Waals surface area contributed by atoms with Gasteiger partial charge in [-0.3, -0.25) is 9.59 Å². The van der Waals surface area contributed by atoms with Crippen molar-refractivity contribution in [1.29, 1.82) is 0 Å². The highest BCUT2D eigenvalue weighted by atomic mass is 79.9. The van der Waals surface area contributed by atoms with Crippen LogP contribution in [0.3, 0.4) is 0 Å². The molecule has 0 heterocycles. The minimum atomic E-state index is -0.231. The van der Waals surface area contributed by atoms with Gasteiger partial charge < -0.3 is 9.47 Å². The first-order valence-electron chi connectivity index (χ1n) is 9.84. The van der Waals surface area contributed by atoms with Gasteiger partial charge in [-0.15, -0.1) is 11.8 Å². The average Bonchev–Trinajstić information content (AvgIpc) is 2.77. The summed E-state index contributed by atoms with van der Waals surface area (Å²) in [5.41, 5.74) is 3.17. The van der Waals surface area contributed by atoms with E-state index < -0.39 is 0 Å². The van der Waals surface area contributed by atoms with Crippen molar-refractivity contribution in [2.75, 3.05) is 14.2 Å². The lowest BCUT2D eigenvalue weighted by atomic mass is 10.1. The van der Waals surface area contributed by atoms with Crippen molar-refractivity contribution in [1.82, 2.24) is 0 Å². The standard InChI is InChI=1S/C16H15BrO2S.C9H8Br2O2/c1-19-16(18)9-13-7-14(17)10-15(8-13)20-11-12-5-3-2-4-6-12;1-13-9(12)4-6-2-7(10)5-8(11)3-6/h2-8,10H,9,11H2,1H3;2-3,5H,4H2,1H3. The number of halogens is 3. The fourth-order valence-electron chi connectivity index (χ4n) is 2.74. The van der Waals surface area contributed by atoms with E-state index in [0.29, 0.717) is 12.8 Å². The molecule has 0 atom stereocenters. The van der Waals surface area contributed by atoms with Gasteiger partial charge in [0.2, 0.25) is 0 Å². The van der Waals surface area contributed by atoms with Crippen LogP contribution in [0.2, 0.25) is 0 Å². The van der Waals surface area contributed by atoms with Gasteiger partial charge in [0.25, 0.3) is 0 Å². The first-order valence-corrected chi connectivity index (χ1v) is 13.2. The highest BCUT2D eigenvalue weighted by molar-refractivity contribution is 9.11. The molecule has 0 fully saturated rings. The SMILES string of the molecule is COC(=O)Cc1cc(Br)cc(Br)c1.COC(=O)Cc1cc(Br)cc(SCc2ccccc2)c1. The molecule has 4 nitrogen and oxygen atoms in total. The number of methoxy groups -OCH3 is 2. The van der Waals surface area contributed by atoms with E-state index in [1.54, 1.807) is 11.8 Å². The molecule has 174 valence electrons. The molecule has 0 bridgehead atoms. The minimum Gasteiger partial charge on any atom is -0.469 e. The van der Waals surface area contributed by atoms with Crippen LogP contribution in [0, 0.1) is 0 Å². The van der Waals surface area contributed by atoms with Crippen LogP contribution in [0.1, 0.15) is 16.7 Å². The lowest BCUT2D eigenvalue weighted by Crippen LogP contribution is -2.04.